The molecular weight excluding hydrogens is 176 g/mol. The van der Waals surface area contributed by atoms with Gasteiger partial charge in [0.25, 0.3) is 0 Å². The van der Waals surface area contributed by atoms with Gasteiger partial charge in [-0.3, -0.25) is 10.2 Å². The number of amidine groups is 1. The Bertz CT molecular complexity index is 272. The molecule has 0 fully saturated rings. The van der Waals surface area contributed by atoms with Crippen LogP contribution in [0.5, 0.6) is 0 Å². The van der Waals surface area contributed by atoms with Crippen LogP contribution < -0.4 is 0 Å². The molecule has 0 amide bonds. The molecule has 1 N–H and O–H groups in total. The van der Waals surface area contributed by atoms with E-state index in [1.807, 2.05) is 13.8 Å². The number of aliphatic imine (C=N–C) groups is 1. The molecule has 14 heavy (non-hydrogen) atoms. The molecule has 1 aliphatic heterocycles. The summed E-state index contributed by atoms with van der Waals surface area (Å²) in [4.78, 5) is 4.62. The zero-order chi connectivity index (χ0) is 11.4. The van der Waals surface area contributed by atoms with Crippen molar-refractivity contribution in [1.82, 2.24) is 5.06 Å². The van der Waals surface area contributed by atoms with E-state index < -0.39 is 0 Å². The first-order valence-electron chi connectivity index (χ1n) is 5.09. The summed E-state index contributed by atoms with van der Waals surface area (Å²) in [6.07, 6.45) is 0. The highest BCUT2D eigenvalue weighted by Gasteiger charge is 2.51. The summed E-state index contributed by atoms with van der Waals surface area (Å²) < 4.78 is 0. The van der Waals surface area contributed by atoms with Gasteiger partial charge in [-0.25, -0.2) is 5.06 Å². The van der Waals surface area contributed by atoms with Gasteiger partial charge in [0.2, 0.25) is 0 Å². The summed E-state index contributed by atoms with van der Waals surface area (Å²) >= 11 is 0. The Hall–Kier alpha value is -0.570. The van der Waals surface area contributed by atoms with Crippen LogP contribution in [-0.2, 0) is 0 Å². The average Bonchev–Trinajstić information content (AvgIpc) is 2.09. The van der Waals surface area contributed by atoms with Gasteiger partial charge >= 0.3 is 0 Å². The van der Waals surface area contributed by atoms with Crippen LogP contribution in [0.25, 0.3) is 0 Å². The summed E-state index contributed by atoms with van der Waals surface area (Å²) in [5.74, 6) is 0.771. The average molecular weight is 198 g/mol. The third kappa shape index (κ3) is 1.44. The number of hydrogen-bond acceptors (Lipinski definition) is 3. The highest BCUT2D eigenvalue weighted by molar-refractivity contribution is 5.89. The van der Waals surface area contributed by atoms with E-state index in [9.17, 15) is 5.21 Å². The van der Waals surface area contributed by atoms with Gasteiger partial charge in [-0.05, 0) is 27.7 Å². The van der Waals surface area contributed by atoms with Gasteiger partial charge < -0.3 is 0 Å². The van der Waals surface area contributed by atoms with E-state index in [-0.39, 0.29) is 16.5 Å². The molecule has 3 heteroatoms. The van der Waals surface area contributed by atoms with Gasteiger partial charge in [0.05, 0.1) is 11.1 Å². The third-order valence-corrected chi connectivity index (χ3v) is 3.28. The molecule has 82 valence electrons. The van der Waals surface area contributed by atoms with Gasteiger partial charge in [-0.15, -0.1) is 0 Å². The van der Waals surface area contributed by atoms with Crippen LogP contribution in [0.3, 0.4) is 0 Å². The van der Waals surface area contributed by atoms with E-state index in [4.69, 9.17) is 0 Å². The smallest absolute Gasteiger partial charge is 0.130 e. The Morgan fingerprint density at radius 3 is 1.71 bits per heavy atom. The van der Waals surface area contributed by atoms with Crippen LogP contribution in [0.4, 0.5) is 0 Å². The Balaban J connectivity index is 3.16. The molecule has 0 aromatic heterocycles. The maximum absolute atomic E-state index is 10.1. The summed E-state index contributed by atoms with van der Waals surface area (Å²) in [5, 5.41) is 11.4. The zero-order valence-corrected chi connectivity index (χ0v) is 10.3. The fourth-order valence-corrected chi connectivity index (χ4v) is 1.46. The molecule has 0 saturated heterocycles. The monoisotopic (exact) mass is 198 g/mol. The highest BCUT2D eigenvalue weighted by atomic mass is 16.5. The SMILES string of the molecule is CC(C)(C)C1=NC(C)(C)C(C)(C)N1O. The Kier molecular flexibility index (Phi) is 2.24. The highest BCUT2D eigenvalue weighted by Crippen LogP contribution is 2.40. The molecular formula is C11H22N2O. The molecule has 3 nitrogen and oxygen atoms in total. The largest absolute Gasteiger partial charge is 0.287 e. The molecule has 1 aliphatic rings. The van der Waals surface area contributed by atoms with E-state index in [0.717, 1.165) is 5.84 Å². The van der Waals surface area contributed by atoms with Gasteiger partial charge in [-0.2, -0.15) is 0 Å². The first-order chi connectivity index (χ1) is 6.00. The standard InChI is InChI=1S/C11H22N2O/c1-9(2,3)8-12-10(4,5)11(6,7)13(8)14/h14H,1-7H3. The minimum atomic E-state index is -0.338. The van der Waals surface area contributed by atoms with Crippen LogP contribution in [0, 0.1) is 5.41 Å². The van der Waals surface area contributed by atoms with E-state index in [1.165, 1.54) is 5.06 Å². The topological polar surface area (TPSA) is 35.8 Å². The lowest BCUT2D eigenvalue weighted by atomic mass is 9.84. The Morgan fingerprint density at radius 1 is 1.14 bits per heavy atom. The van der Waals surface area contributed by atoms with Crippen molar-refractivity contribution < 1.29 is 5.21 Å². The van der Waals surface area contributed by atoms with Crippen LogP contribution in [0.1, 0.15) is 48.5 Å². The zero-order valence-electron chi connectivity index (χ0n) is 10.3. The number of hydroxylamine groups is 2. The molecule has 0 aromatic rings. The van der Waals surface area contributed by atoms with Gasteiger partial charge in [-0.1, -0.05) is 20.8 Å². The summed E-state index contributed by atoms with van der Waals surface area (Å²) in [7, 11) is 0. The lowest BCUT2D eigenvalue weighted by molar-refractivity contribution is -0.105. The van der Waals surface area contributed by atoms with E-state index in [2.05, 4.69) is 39.6 Å². The Labute approximate surface area is 86.8 Å². The first kappa shape index (κ1) is 11.5. The maximum atomic E-state index is 10.1. The van der Waals surface area contributed by atoms with Crippen LogP contribution in [0.15, 0.2) is 4.99 Å². The molecule has 0 aromatic carbocycles. The van der Waals surface area contributed by atoms with Crippen LogP contribution in [0.2, 0.25) is 0 Å². The minimum absolute atomic E-state index is 0.111. The van der Waals surface area contributed by atoms with E-state index in [1.54, 1.807) is 0 Å². The van der Waals surface area contributed by atoms with Crippen LogP contribution in [-0.4, -0.2) is 27.2 Å². The maximum Gasteiger partial charge on any atom is 0.130 e. The van der Waals surface area contributed by atoms with E-state index in [0.29, 0.717) is 0 Å². The minimum Gasteiger partial charge on any atom is -0.287 e. The van der Waals surface area contributed by atoms with Crippen molar-refractivity contribution in [1.29, 1.82) is 0 Å². The predicted molar refractivity (Wildman–Crippen MR) is 58.7 cm³/mol. The predicted octanol–water partition coefficient (Wildman–Crippen LogP) is 2.69. The number of rotatable bonds is 0. The molecule has 0 atom stereocenters. The summed E-state index contributed by atoms with van der Waals surface area (Å²) in [6.45, 7) is 14.3. The fourth-order valence-electron chi connectivity index (χ4n) is 1.46. The normalized spacial score (nSPS) is 25.1. The number of nitrogens with zero attached hydrogens (tertiary/aromatic N) is 2. The molecule has 0 aliphatic carbocycles. The van der Waals surface area contributed by atoms with E-state index >= 15 is 0 Å². The fraction of sp³-hybridized carbons (Fsp3) is 0.909. The lowest BCUT2D eigenvalue weighted by Gasteiger charge is -2.38. The number of hydrogen-bond donors (Lipinski definition) is 1. The lowest BCUT2D eigenvalue weighted by Crippen LogP contribution is -2.52. The van der Waals surface area contributed by atoms with Gasteiger partial charge in [0.15, 0.2) is 0 Å². The molecule has 0 radical (unpaired) electrons. The second-order valence-corrected chi connectivity index (χ2v) is 6.12. The van der Waals surface area contributed by atoms with Crippen molar-refractivity contribution in [2.45, 2.75) is 59.5 Å². The van der Waals surface area contributed by atoms with Crippen molar-refractivity contribution >= 4 is 5.84 Å². The molecule has 0 saturated carbocycles. The molecule has 1 rings (SSSR count). The van der Waals surface area contributed by atoms with Gasteiger partial charge in [0, 0.05) is 5.41 Å². The van der Waals surface area contributed by atoms with Crippen molar-refractivity contribution in [3.05, 3.63) is 0 Å². The Morgan fingerprint density at radius 2 is 1.57 bits per heavy atom. The second kappa shape index (κ2) is 2.72. The molecule has 0 unspecified atom stereocenters. The van der Waals surface area contributed by atoms with Crippen molar-refractivity contribution in [2.75, 3.05) is 0 Å². The molecule has 0 bridgehead atoms. The first-order valence-corrected chi connectivity index (χ1v) is 5.09. The third-order valence-electron chi connectivity index (χ3n) is 3.28. The second-order valence-electron chi connectivity index (χ2n) is 6.12. The van der Waals surface area contributed by atoms with Gasteiger partial charge in [0.1, 0.15) is 5.84 Å². The molecule has 0 spiro atoms. The van der Waals surface area contributed by atoms with Crippen LogP contribution >= 0.6 is 0 Å². The summed E-state index contributed by atoms with van der Waals surface area (Å²) in [6, 6.07) is 0. The quantitative estimate of drug-likeness (QED) is 0.649. The van der Waals surface area contributed by atoms with Crippen molar-refractivity contribution in [3.63, 3.8) is 0 Å². The molecule has 1 heterocycles. The van der Waals surface area contributed by atoms with Crippen molar-refractivity contribution in [2.24, 2.45) is 10.4 Å². The van der Waals surface area contributed by atoms with Crippen molar-refractivity contribution in [3.8, 4) is 0 Å². The summed E-state index contributed by atoms with van der Waals surface area (Å²) in [5.41, 5.74) is -0.695.